The molecule has 0 aromatic heterocycles. The minimum atomic E-state index is -3.91. The third-order valence-corrected chi connectivity index (χ3v) is 6.77. The molecular formula is C18H18ClN3O2S2. The molecule has 1 N–H and O–H groups in total. The van der Waals surface area contributed by atoms with Crippen molar-refractivity contribution in [3.8, 4) is 6.07 Å². The first-order chi connectivity index (χ1) is 12.4. The van der Waals surface area contributed by atoms with Gasteiger partial charge in [0.05, 0.1) is 11.3 Å². The van der Waals surface area contributed by atoms with Crippen LogP contribution < -0.4 is 9.62 Å². The lowest BCUT2D eigenvalue weighted by atomic mass is 10.1. The molecule has 0 unspecified atom stereocenters. The molecule has 0 aliphatic carbocycles. The van der Waals surface area contributed by atoms with Crippen LogP contribution in [0.5, 0.6) is 0 Å². The molecule has 8 heteroatoms. The Morgan fingerprint density at radius 2 is 1.92 bits per heavy atom. The SMILES string of the molecule is Cc1cc(N2CCSCC2)ccc1NS(=O)(=O)c1cc(Cl)ccc1C#N. The zero-order valence-electron chi connectivity index (χ0n) is 14.2. The number of nitrogens with one attached hydrogen (secondary N) is 1. The van der Waals surface area contributed by atoms with Gasteiger partial charge in [-0.05, 0) is 48.9 Å². The largest absolute Gasteiger partial charge is 0.370 e. The van der Waals surface area contributed by atoms with E-state index in [4.69, 9.17) is 11.6 Å². The van der Waals surface area contributed by atoms with Gasteiger partial charge in [0.1, 0.15) is 11.0 Å². The Balaban J connectivity index is 1.88. The Morgan fingerprint density at radius 3 is 2.58 bits per heavy atom. The van der Waals surface area contributed by atoms with Crippen LogP contribution in [0.1, 0.15) is 11.1 Å². The molecule has 2 aromatic carbocycles. The average Bonchev–Trinajstić information content (AvgIpc) is 2.64. The Morgan fingerprint density at radius 1 is 1.19 bits per heavy atom. The van der Waals surface area contributed by atoms with Gasteiger partial charge in [-0.3, -0.25) is 4.72 Å². The van der Waals surface area contributed by atoms with E-state index in [0.29, 0.717) is 5.69 Å². The van der Waals surface area contributed by atoms with E-state index in [1.165, 1.54) is 18.2 Å². The molecule has 0 radical (unpaired) electrons. The van der Waals surface area contributed by atoms with Crippen molar-refractivity contribution in [1.82, 2.24) is 0 Å². The lowest BCUT2D eigenvalue weighted by Crippen LogP contribution is -2.32. The summed E-state index contributed by atoms with van der Waals surface area (Å²) in [6, 6.07) is 11.8. The molecule has 5 nitrogen and oxygen atoms in total. The van der Waals surface area contributed by atoms with Crippen LogP contribution in [0.4, 0.5) is 11.4 Å². The Hall–Kier alpha value is -1.88. The second-order valence-corrected chi connectivity index (χ2v) is 9.27. The van der Waals surface area contributed by atoms with Gasteiger partial charge in [-0.1, -0.05) is 11.6 Å². The van der Waals surface area contributed by atoms with Gasteiger partial charge in [0.25, 0.3) is 10.0 Å². The summed E-state index contributed by atoms with van der Waals surface area (Å²) in [4.78, 5) is 2.18. The van der Waals surface area contributed by atoms with Crippen LogP contribution in [0, 0.1) is 18.3 Å². The van der Waals surface area contributed by atoms with E-state index >= 15 is 0 Å². The number of nitriles is 1. The van der Waals surface area contributed by atoms with Crippen LogP contribution in [0.3, 0.4) is 0 Å². The normalized spacial score (nSPS) is 14.7. The van der Waals surface area contributed by atoms with E-state index in [1.807, 2.05) is 36.9 Å². The third kappa shape index (κ3) is 4.09. The fraction of sp³-hybridized carbons (Fsp3) is 0.278. The summed E-state index contributed by atoms with van der Waals surface area (Å²) < 4.78 is 28.1. The summed E-state index contributed by atoms with van der Waals surface area (Å²) in [5.41, 5.74) is 2.46. The first kappa shape index (κ1) is 18.9. The Labute approximate surface area is 163 Å². The number of sulfonamides is 1. The van der Waals surface area contributed by atoms with Crippen molar-refractivity contribution in [2.75, 3.05) is 34.2 Å². The van der Waals surface area contributed by atoms with Gasteiger partial charge in [-0.25, -0.2) is 8.42 Å². The summed E-state index contributed by atoms with van der Waals surface area (Å²) >= 11 is 7.85. The maximum atomic E-state index is 12.7. The number of aryl methyl sites for hydroxylation is 1. The van der Waals surface area contributed by atoms with Crippen molar-refractivity contribution in [2.24, 2.45) is 0 Å². The standard InChI is InChI=1S/C18H18ClN3O2S2/c1-13-10-16(22-6-8-25-9-7-22)4-5-17(13)21-26(23,24)18-11-15(19)3-2-14(18)12-20/h2-5,10-11,21H,6-9H2,1H3. The summed E-state index contributed by atoms with van der Waals surface area (Å²) in [6.45, 7) is 3.84. The molecule has 26 heavy (non-hydrogen) atoms. The van der Waals surface area contributed by atoms with E-state index in [1.54, 1.807) is 6.07 Å². The second kappa shape index (κ2) is 7.78. The Kier molecular flexibility index (Phi) is 5.66. The summed E-state index contributed by atoms with van der Waals surface area (Å²) in [5.74, 6) is 2.19. The first-order valence-corrected chi connectivity index (χ1v) is 11.1. The molecule has 1 aliphatic rings. The number of hydrogen-bond donors (Lipinski definition) is 1. The third-order valence-electron chi connectivity index (χ3n) is 4.18. The minimum Gasteiger partial charge on any atom is -0.370 e. The smallest absolute Gasteiger partial charge is 0.263 e. The molecule has 1 heterocycles. The zero-order chi connectivity index (χ0) is 18.7. The molecule has 3 rings (SSSR count). The molecule has 0 saturated carbocycles. The van der Waals surface area contributed by atoms with Crippen LogP contribution in [0.15, 0.2) is 41.3 Å². The van der Waals surface area contributed by atoms with Crippen molar-refractivity contribution in [3.05, 3.63) is 52.5 Å². The van der Waals surface area contributed by atoms with Gasteiger partial charge in [-0.2, -0.15) is 17.0 Å². The maximum Gasteiger partial charge on any atom is 0.263 e. The van der Waals surface area contributed by atoms with E-state index < -0.39 is 10.0 Å². The summed E-state index contributed by atoms with van der Waals surface area (Å²) in [6.07, 6.45) is 0. The maximum absolute atomic E-state index is 12.7. The van der Waals surface area contributed by atoms with Crippen molar-refractivity contribution < 1.29 is 8.42 Å². The minimum absolute atomic E-state index is 0.0574. The fourth-order valence-corrected chi connectivity index (χ4v) is 5.24. The number of rotatable bonds is 4. The topological polar surface area (TPSA) is 73.2 Å². The first-order valence-electron chi connectivity index (χ1n) is 8.06. The van der Waals surface area contributed by atoms with E-state index in [2.05, 4.69) is 9.62 Å². The van der Waals surface area contributed by atoms with E-state index in [0.717, 1.165) is 35.8 Å². The van der Waals surface area contributed by atoms with Crippen LogP contribution in [0.2, 0.25) is 5.02 Å². The molecule has 2 aromatic rings. The number of benzene rings is 2. The zero-order valence-corrected chi connectivity index (χ0v) is 16.6. The predicted octanol–water partition coefficient (Wildman–Crippen LogP) is 3.87. The number of hydrogen-bond acceptors (Lipinski definition) is 5. The molecule has 0 spiro atoms. The molecule has 1 aliphatic heterocycles. The van der Waals surface area contributed by atoms with Crippen molar-refractivity contribution in [3.63, 3.8) is 0 Å². The van der Waals surface area contributed by atoms with Crippen molar-refractivity contribution >= 4 is 44.8 Å². The number of thioether (sulfide) groups is 1. The van der Waals surface area contributed by atoms with Crippen LogP contribution >= 0.6 is 23.4 Å². The molecule has 136 valence electrons. The highest BCUT2D eigenvalue weighted by atomic mass is 35.5. The molecule has 1 fully saturated rings. The highest BCUT2D eigenvalue weighted by Gasteiger charge is 2.21. The second-order valence-electron chi connectivity index (χ2n) is 5.96. The van der Waals surface area contributed by atoms with Gasteiger partial charge in [0, 0.05) is 35.3 Å². The quantitative estimate of drug-likeness (QED) is 0.832. The number of nitrogens with zero attached hydrogens (tertiary/aromatic N) is 2. The monoisotopic (exact) mass is 407 g/mol. The van der Waals surface area contributed by atoms with Gasteiger partial charge in [0.15, 0.2) is 0 Å². The molecule has 0 amide bonds. The molecule has 1 saturated heterocycles. The highest BCUT2D eigenvalue weighted by molar-refractivity contribution is 7.99. The Bertz CT molecular complexity index is 965. The van der Waals surface area contributed by atoms with Crippen molar-refractivity contribution in [2.45, 2.75) is 11.8 Å². The van der Waals surface area contributed by atoms with Crippen LogP contribution in [-0.2, 0) is 10.0 Å². The lowest BCUT2D eigenvalue weighted by molar-refractivity contribution is 0.601. The highest BCUT2D eigenvalue weighted by Crippen LogP contribution is 2.28. The fourth-order valence-electron chi connectivity index (χ4n) is 2.79. The van der Waals surface area contributed by atoms with Gasteiger partial charge >= 0.3 is 0 Å². The van der Waals surface area contributed by atoms with Crippen molar-refractivity contribution in [1.29, 1.82) is 5.26 Å². The summed E-state index contributed by atoms with van der Waals surface area (Å²) in [5, 5.41) is 9.44. The van der Waals surface area contributed by atoms with Crippen LogP contribution in [-0.4, -0.2) is 33.0 Å². The van der Waals surface area contributed by atoms with Crippen LogP contribution in [0.25, 0.3) is 0 Å². The van der Waals surface area contributed by atoms with Gasteiger partial charge < -0.3 is 4.90 Å². The number of halogens is 1. The van der Waals surface area contributed by atoms with Gasteiger partial charge in [-0.15, -0.1) is 0 Å². The van der Waals surface area contributed by atoms with E-state index in [-0.39, 0.29) is 15.5 Å². The molecular weight excluding hydrogens is 390 g/mol. The van der Waals surface area contributed by atoms with E-state index in [9.17, 15) is 13.7 Å². The van der Waals surface area contributed by atoms with Gasteiger partial charge in [0.2, 0.25) is 0 Å². The molecule has 0 atom stereocenters. The lowest BCUT2D eigenvalue weighted by Gasteiger charge is -2.29. The number of anilines is 2. The average molecular weight is 408 g/mol. The molecule has 0 bridgehead atoms. The predicted molar refractivity (Wildman–Crippen MR) is 108 cm³/mol. The summed E-state index contributed by atoms with van der Waals surface area (Å²) in [7, 11) is -3.91.